The summed E-state index contributed by atoms with van der Waals surface area (Å²) in [6, 6.07) is 23.6. The lowest BCUT2D eigenvalue weighted by molar-refractivity contribution is -0.152. The molecule has 3 aromatic carbocycles. The number of aryl methyl sites for hydroxylation is 2. The first-order valence-corrected chi connectivity index (χ1v) is 22.1. The highest BCUT2D eigenvalue weighted by Crippen LogP contribution is 2.31. The van der Waals surface area contributed by atoms with Crippen LogP contribution < -0.4 is 0 Å². The largest absolute Gasteiger partial charge is 0.430 e. The predicted octanol–water partition coefficient (Wildman–Crippen LogP) is 12.0. The topological polar surface area (TPSA) is 72.5 Å². The third kappa shape index (κ3) is 18.5. The summed E-state index contributed by atoms with van der Waals surface area (Å²) in [7, 11) is 0. The molecule has 1 fully saturated rings. The molecule has 0 aromatic heterocycles. The van der Waals surface area contributed by atoms with E-state index in [1.807, 2.05) is 6.07 Å². The SMILES string of the molecule is CCCCCCCCCCc1ccc(-c2ccc(-c3ccc(CCCCCCCCCC)cc3)c(C(=O)OC3COCCOCCOCCOCCO3)c2)cc1. The monoisotopic (exact) mass is 773 g/mol. The molecule has 3 aromatic rings. The Kier molecular flexibility index (Phi) is 23.8. The molecule has 1 saturated heterocycles. The number of hydrogen-bond acceptors (Lipinski definition) is 7. The first-order chi connectivity index (χ1) is 27.7. The highest BCUT2D eigenvalue weighted by molar-refractivity contribution is 5.99. The fourth-order valence-electron chi connectivity index (χ4n) is 7.16. The van der Waals surface area contributed by atoms with E-state index in [2.05, 4.69) is 74.5 Å². The van der Waals surface area contributed by atoms with Crippen molar-refractivity contribution in [1.29, 1.82) is 0 Å². The summed E-state index contributed by atoms with van der Waals surface area (Å²) in [6.45, 7) is 7.95. The molecule has 0 amide bonds. The van der Waals surface area contributed by atoms with Crippen molar-refractivity contribution in [2.45, 2.75) is 136 Å². The molecule has 1 atom stereocenters. The van der Waals surface area contributed by atoms with Crippen LogP contribution in [-0.2, 0) is 41.3 Å². The number of ether oxygens (including phenoxy) is 6. The summed E-state index contributed by atoms with van der Waals surface area (Å²) >= 11 is 0. The van der Waals surface area contributed by atoms with Crippen LogP contribution in [0.3, 0.4) is 0 Å². The average molecular weight is 773 g/mol. The number of benzene rings is 3. The Morgan fingerprint density at radius 2 is 0.929 bits per heavy atom. The summed E-state index contributed by atoms with van der Waals surface area (Å²) in [5.41, 5.74) is 7.03. The highest BCUT2D eigenvalue weighted by atomic mass is 16.7. The maximum absolute atomic E-state index is 14.1. The second-order valence-corrected chi connectivity index (χ2v) is 15.2. The van der Waals surface area contributed by atoms with E-state index in [9.17, 15) is 4.79 Å². The maximum Gasteiger partial charge on any atom is 0.341 e. The molecule has 56 heavy (non-hydrogen) atoms. The molecule has 0 saturated carbocycles. The molecule has 0 bridgehead atoms. The van der Waals surface area contributed by atoms with E-state index >= 15 is 0 Å². The Morgan fingerprint density at radius 3 is 1.45 bits per heavy atom. The fourth-order valence-corrected chi connectivity index (χ4v) is 7.16. The van der Waals surface area contributed by atoms with Crippen molar-refractivity contribution in [3.63, 3.8) is 0 Å². The number of unbranched alkanes of at least 4 members (excludes halogenated alkanes) is 14. The number of esters is 1. The van der Waals surface area contributed by atoms with Crippen molar-refractivity contribution in [2.24, 2.45) is 0 Å². The molecule has 1 aliphatic heterocycles. The van der Waals surface area contributed by atoms with Crippen LogP contribution in [0.4, 0.5) is 0 Å². The van der Waals surface area contributed by atoms with E-state index in [0.29, 0.717) is 51.8 Å². The highest BCUT2D eigenvalue weighted by Gasteiger charge is 2.22. The van der Waals surface area contributed by atoms with Gasteiger partial charge in [-0.05, 0) is 65.1 Å². The first kappa shape index (κ1) is 45.6. The van der Waals surface area contributed by atoms with Gasteiger partial charge in [-0.2, -0.15) is 0 Å². The summed E-state index contributed by atoms with van der Waals surface area (Å²) in [6.07, 6.45) is 22.3. The second kappa shape index (κ2) is 29.2. The molecule has 4 rings (SSSR count). The summed E-state index contributed by atoms with van der Waals surface area (Å²) in [4.78, 5) is 14.1. The van der Waals surface area contributed by atoms with Crippen LogP contribution in [0.2, 0.25) is 0 Å². The second-order valence-electron chi connectivity index (χ2n) is 15.2. The number of hydrogen-bond donors (Lipinski definition) is 0. The van der Waals surface area contributed by atoms with Gasteiger partial charge in [0.15, 0.2) is 0 Å². The van der Waals surface area contributed by atoms with E-state index in [-0.39, 0.29) is 13.2 Å². The first-order valence-electron chi connectivity index (χ1n) is 22.1. The quantitative estimate of drug-likeness (QED) is 0.0744. The zero-order valence-corrected chi connectivity index (χ0v) is 34.9. The Balaban J connectivity index is 1.44. The van der Waals surface area contributed by atoms with Gasteiger partial charge < -0.3 is 28.4 Å². The third-order valence-corrected chi connectivity index (χ3v) is 10.6. The standard InChI is InChI=1S/C49H72O7/c1-3-5-7-9-11-13-15-17-19-41-21-25-43(26-22-41)45-29-30-46(44-27-23-42(24-28-44)20-18-16-14-12-10-8-6-4-2)47(39-45)49(50)56-48-40-54-36-35-52-32-31-51-33-34-53-37-38-55-48/h21-30,39,48H,3-20,31-38,40H2,1-2H3. The zero-order chi connectivity index (χ0) is 39.3. The molecular weight excluding hydrogens is 701 g/mol. The van der Waals surface area contributed by atoms with E-state index in [1.165, 1.54) is 114 Å². The predicted molar refractivity (Wildman–Crippen MR) is 228 cm³/mol. The van der Waals surface area contributed by atoms with Gasteiger partial charge in [0.25, 0.3) is 0 Å². The van der Waals surface area contributed by atoms with E-state index < -0.39 is 12.3 Å². The molecule has 1 aliphatic rings. The fraction of sp³-hybridized carbons (Fsp3) is 0.612. The lowest BCUT2D eigenvalue weighted by atomic mass is 9.93. The average Bonchev–Trinajstić information content (AvgIpc) is 3.24. The molecule has 0 aliphatic carbocycles. The van der Waals surface area contributed by atoms with Gasteiger partial charge in [-0.1, -0.05) is 164 Å². The lowest BCUT2D eigenvalue weighted by Gasteiger charge is -2.20. The van der Waals surface area contributed by atoms with Crippen LogP contribution in [0.1, 0.15) is 138 Å². The van der Waals surface area contributed by atoms with Crippen molar-refractivity contribution < 1.29 is 33.2 Å². The Morgan fingerprint density at radius 1 is 0.500 bits per heavy atom. The van der Waals surface area contributed by atoms with Crippen molar-refractivity contribution in [1.82, 2.24) is 0 Å². The van der Waals surface area contributed by atoms with Crippen LogP contribution in [0.25, 0.3) is 22.3 Å². The molecule has 7 nitrogen and oxygen atoms in total. The van der Waals surface area contributed by atoms with Crippen molar-refractivity contribution in [2.75, 3.05) is 59.5 Å². The van der Waals surface area contributed by atoms with Crippen LogP contribution in [-0.4, -0.2) is 71.7 Å². The van der Waals surface area contributed by atoms with Gasteiger partial charge in [0.2, 0.25) is 6.29 Å². The zero-order valence-electron chi connectivity index (χ0n) is 34.9. The molecule has 0 radical (unpaired) electrons. The molecule has 7 heteroatoms. The van der Waals surface area contributed by atoms with E-state index in [4.69, 9.17) is 28.4 Å². The molecule has 0 spiro atoms. The van der Waals surface area contributed by atoms with E-state index in [1.54, 1.807) is 0 Å². The molecule has 1 heterocycles. The molecule has 0 N–H and O–H groups in total. The smallest absolute Gasteiger partial charge is 0.341 e. The Bertz CT molecular complexity index is 1420. The van der Waals surface area contributed by atoms with Gasteiger partial charge in [-0.3, -0.25) is 0 Å². The van der Waals surface area contributed by atoms with Crippen molar-refractivity contribution in [3.05, 3.63) is 83.4 Å². The Labute approximate surface area is 339 Å². The molecular formula is C49H72O7. The van der Waals surface area contributed by atoms with Crippen molar-refractivity contribution >= 4 is 5.97 Å². The normalized spacial score (nSPS) is 16.2. The van der Waals surface area contributed by atoms with Crippen LogP contribution in [0.15, 0.2) is 66.7 Å². The van der Waals surface area contributed by atoms with Gasteiger partial charge in [-0.25, -0.2) is 4.79 Å². The minimum Gasteiger partial charge on any atom is -0.430 e. The van der Waals surface area contributed by atoms with E-state index in [0.717, 1.165) is 35.1 Å². The third-order valence-electron chi connectivity index (χ3n) is 10.6. The van der Waals surface area contributed by atoms with Crippen LogP contribution in [0, 0.1) is 0 Å². The van der Waals surface area contributed by atoms with Gasteiger partial charge in [0, 0.05) is 0 Å². The van der Waals surface area contributed by atoms with Crippen LogP contribution >= 0.6 is 0 Å². The maximum atomic E-state index is 14.1. The summed E-state index contributed by atoms with van der Waals surface area (Å²) in [5.74, 6) is -0.451. The molecule has 310 valence electrons. The minimum atomic E-state index is -0.895. The number of carbonyl (C=O) groups is 1. The van der Waals surface area contributed by atoms with Gasteiger partial charge in [0.1, 0.15) is 6.61 Å². The molecule has 1 unspecified atom stereocenters. The summed E-state index contributed by atoms with van der Waals surface area (Å²) < 4.78 is 34.6. The van der Waals surface area contributed by atoms with Gasteiger partial charge in [0.05, 0.1) is 58.4 Å². The van der Waals surface area contributed by atoms with Gasteiger partial charge >= 0.3 is 5.97 Å². The number of carbonyl (C=O) groups excluding carboxylic acids is 1. The number of rotatable bonds is 22. The van der Waals surface area contributed by atoms with Crippen molar-refractivity contribution in [3.8, 4) is 22.3 Å². The summed E-state index contributed by atoms with van der Waals surface area (Å²) in [5, 5.41) is 0. The lowest BCUT2D eigenvalue weighted by Crippen LogP contribution is -2.29. The van der Waals surface area contributed by atoms with Gasteiger partial charge in [-0.15, -0.1) is 0 Å². The van der Waals surface area contributed by atoms with Crippen LogP contribution in [0.5, 0.6) is 0 Å². The Hall–Kier alpha value is -3.07. The minimum absolute atomic E-state index is 0.0916.